The molecule has 0 radical (unpaired) electrons. The first-order valence-corrected chi connectivity index (χ1v) is 11.0. The minimum atomic E-state index is -3.54. The standard InChI is InChI=1S/C20H35FN2O3Si/c1-18(2,3)26-17(24)23(10)16-12-14(25-11)15(13-22-16)27(21,19(4,5)6)20(7,8)9/h12-13H,1-11H3. The number of anilines is 1. The third kappa shape index (κ3) is 4.81. The normalized spacial score (nSPS) is 13.3. The second-order valence-corrected chi connectivity index (χ2v) is 14.8. The van der Waals surface area contributed by atoms with Crippen LogP contribution in [0.3, 0.4) is 0 Å². The summed E-state index contributed by atoms with van der Waals surface area (Å²) in [5, 5.41) is -0.608. The molecule has 0 saturated carbocycles. The Hall–Kier alpha value is -1.63. The lowest BCUT2D eigenvalue weighted by molar-refractivity contribution is 0.0588. The SMILES string of the molecule is COc1cc(N(C)C(=O)OC(C)(C)C)ncc1[Si](F)(C(C)(C)C)C(C)(C)C. The van der Waals surface area contributed by atoms with Crippen molar-refractivity contribution in [3.05, 3.63) is 12.3 Å². The van der Waals surface area contributed by atoms with Crippen molar-refractivity contribution in [2.75, 3.05) is 19.1 Å². The van der Waals surface area contributed by atoms with Crippen molar-refractivity contribution < 1.29 is 18.4 Å². The summed E-state index contributed by atoms with van der Waals surface area (Å²) in [5.74, 6) is 0.762. The van der Waals surface area contributed by atoms with Crippen LogP contribution in [0.15, 0.2) is 12.3 Å². The number of hydrogen-bond donors (Lipinski definition) is 0. The van der Waals surface area contributed by atoms with Crippen LogP contribution in [-0.2, 0) is 4.74 Å². The van der Waals surface area contributed by atoms with E-state index in [2.05, 4.69) is 4.98 Å². The highest BCUT2D eigenvalue weighted by molar-refractivity contribution is 6.91. The first kappa shape index (κ1) is 23.4. The second-order valence-electron chi connectivity index (χ2n) is 9.94. The lowest BCUT2D eigenvalue weighted by atomic mass is 10.2. The van der Waals surface area contributed by atoms with Crippen molar-refractivity contribution in [3.8, 4) is 5.75 Å². The van der Waals surface area contributed by atoms with Crippen molar-refractivity contribution in [1.29, 1.82) is 0 Å². The molecule has 7 heteroatoms. The molecule has 0 aromatic carbocycles. The number of nitrogens with zero attached hydrogens (tertiary/aromatic N) is 2. The molecule has 0 atom stereocenters. The van der Waals surface area contributed by atoms with E-state index < -0.39 is 30.2 Å². The molecule has 1 rings (SSSR count). The van der Waals surface area contributed by atoms with Gasteiger partial charge in [-0.2, -0.15) is 0 Å². The molecule has 0 spiro atoms. The van der Waals surface area contributed by atoms with Gasteiger partial charge in [-0.1, -0.05) is 41.5 Å². The van der Waals surface area contributed by atoms with Gasteiger partial charge in [0.15, 0.2) is 0 Å². The van der Waals surface area contributed by atoms with Crippen molar-refractivity contribution in [1.82, 2.24) is 4.98 Å². The lowest BCUT2D eigenvalue weighted by Crippen LogP contribution is -2.58. The maximum Gasteiger partial charge on any atom is 0.415 e. The molecule has 1 aromatic rings. The highest BCUT2D eigenvalue weighted by atomic mass is 28.4. The summed E-state index contributed by atoms with van der Waals surface area (Å²) in [7, 11) is -0.457. The summed E-state index contributed by atoms with van der Waals surface area (Å²) in [4.78, 5) is 18.0. The summed E-state index contributed by atoms with van der Waals surface area (Å²) in [6, 6.07) is 1.61. The number of carbonyl (C=O) groups is 1. The van der Waals surface area contributed by atoms with Crippen LogP contribution in [0, 0.1) is 0 Å². The predicted octanol–water partition coefficient (Wildman–Crippen LogP) is 5.18. The van der Waals surface area contributed by atoms with E-state index in [0.717, 1.165) is 0 Å². The van der Waals surface area contributed by atoms with Gasteiger partial charge in [-0.3, -0.25) is 4.90 Å². The summed E-state index contributed by atoms with van der Waals surface area (Å²) < 4.78 is 27.5. The highest BCUT2D eigenvalue weighted by Gasteiger charge is 2.58. The van der Waals surface area contributed by atoms with Crippen LogP contribution in [0.2, 0.25) is 10.1 Å². The van der Waals surface area contributed by atoms with E-state index in [4.69, 9.17) is 9.47 Å². The van der Waals surface area contributed by atoms with Crippen molar-refractivity contribution in [2.24, 2.45) is 0 Å². The third-order valence-electron chi connectivity index (χ3n) is 4.52. The maximum atomic E-state index is 16.6. The molecule has 154 valence electrons. The van der Waals surface area contributed by atoms with Gasteiger partial charge in [-0.15, -0.1) is 0 Å². The number of methoxy groups -OCH3 is 1. The van der Waals surface area contributed by atoms with E-state index in [1.165, 1.54) is 18.2 Å². The quantitative estimate of drug-likeness (QED) is 0.520. The van der Waals surface area contributed by atoms with E-state index >= 15 is 4.11 Å². The maximum absolute atomic E-state index is 16.6. The van der Waals surface area contributed by atoms with E-state index in [1.807, 2.05) is 41.5 Å². The van der Waals surface area contributed by atoms with Gasteiger partial charge in [0.25, 0.3) is 8.41 Å². The van der Waals surface area contributed by atoms with Gasteiger partial charge >= 0.3 is 6.09 Å². The van der Waals surface area contributed by atoms with Crippen LogP contribution in [0.5, 0.6) is 5.75 Å². The Morgan fingerprint density at radius 2 is 1.56 bits per heavy atom. The zero-order chi connectivity index (χ0) is 21.4. The number of ether oxygens (including phenoxy) is 2. The van der Waals surface area contributed by atoms with Gasteiger partial charge in [-0.25, -0.2) is 9.78 Å². The Kier molecular flexibility index (Phi) is 6.43. The first-order chi connectivity index (χ1) is 12.0. The molecule has 1 heterocycles. The number of carbonyl (C=O) groups excluding carboxylic acids is 1. The van der Waals surface area contributed by atoms with Gasteiger partial charge in [0.05, 0.1) is 7.11 Å². The zero-order valence-corrected chi connectivity index (χ0v) is 19.7. The number of pyridine rings is 1. The van der Waals surface area contributed by atoms with Gasteiger partial charge < -0.3 is 13.6 Å². The van der Waals surface area contributed by atoms with Gasteiger partial charge in [-0.05, 0) is 30.8 Å². The molecule has 1 aromatic heterocycles. The molecular formula is C20H35FN2O3Si. The molecule has 0 saturated heterocycles. The summed E-state index contributed by atoms with van der Waals surface area (Å²) >= 11 is 0. The molecule has 0 aliphatic heterocycles. The smallest absolute Gasteiger partial charge is 0.415 e. The Labute approximate surface area is 164 Å². The van der Waals surface area contributed by atoms with Crippen LogP contribution in [-0.4, -0.2) is 39.2 Å². The largest absolute Gasteiger partial charge is 0.497 e. The van der Waals surface area contributed by atoms with Gasteiger partial charge in [0.1, 0.15) is 17.2 Å². The second kappa shape index (κ2) is 7.41. The fraction of sp³-hybridized carbons (Fsp3) is 0.700. The fourth-order valence-electron chi connectivity index (χ4n) is 3.39. The number of aromatic nitrogens is 1. The van der Waals surface area contributed by atoms with E-state index in [0.29, 0.717) is 16.8 Å². The highest BCUT2D eigenvalue weighted by Crippen LogP contribution is 2.52. The average molecular weight is 399 g/mol. The summed E-state index contributed by atoms with van der Waals surface area (Å²) in [6.45, 7) is 16.9. The van der Waals surface area contributed by atoms with Crippen LogP contribution < -0.4 is 14.8 Å². The van der Waals surface area contributed by atoms with Crippen LogP contribution in [0.1, 0.15) is 62.3 Å². The zero-order valence-electron chi connectivity index (χ0n) is 18.7. The molecule has 5 nitrogen and oxygen atoms in total. The van der Waals surface area contributed by atoms with Gasteiger partial charge in [0.2, 0.25) is 0 Å². The summed E-state index contributed by atoms with van der Waals surface area (Å²) in [5.41, 5.74) is -0.616. The molecule has 27 heavy (non-hydrogen) atoms. The lowest BCUT2D eigenvalue weighted by Gasteiger charge is -2.45. The number of hydrogen-bond acceptors (Lipinski definition) is 4. The molecule has 0 aliphatic carbocycles. The van der Waals surface area contributed by atoms with Crippen molar-refractivity contribution in [2.45, 2.75) is 78.0 Å². The number of amides is 1. The fourth-order valence-corrected chi connectivity index (χ4v) is 8.02. The van der Waals surface area contributed by atoms with Crippen LogP contribution in [0.4, 0.5) is 14.7 Å². The number of rotatable bonds is 3. The predicted molar refractivity (Wildman–Crippen MR) is 111 cm³/mol. The first-order valence-electron chi connectivity index (χ1n) is 9.16. The van der Waals surface area contributed by atoms with Crippen molar-refractivity contribution >= 4 is 25.5 Å². The molecule has 0 bridgehead atoms. The van der Waals surface area contributed by atoms with Crippen LogP contribution in [0.25, 0.3) is 0 Å². The third-order valence-corrected chi connectivity index (χ3v) is 9.77. The average Bonchev–Trinajstić information content (AvgIpc) is 2.48. The molecular weight excluding hydrogens is 363 g/mol. The molecule has 0 N–H and O–H groups in total. The topological polar surface area (TPSA) is 51.7 Å². The Morgan fingerprint density at radius 1 is 1.07 bits per heavy atom. The monoisotopic (exact) mass is 398 g/mol. The Balaban J connectivity index is 3.46. The Bertz CT molecular complexity index is 674. The summed E-state index contributed by atoms with van der Waals surface area (Å²) in [6.07, 6.45) is 0.998. The Morgan fingerprint density at radius 3 is 1.93 bits per heavy atom. The molecule has 1 amide bonds. The minimum absolute atomic E-state index is 0.351. The van der Waals surface area contributed by atoms with Gasteiger partial charge in [0, 0.05) is 24.5 Å². The van der Waals surface area contributed by atoms with Crippen molar-refractivity contribution in [3.63, 3.8) is 0 Å². The molecule has 0 aliphatic rings. The number of halogens is 1. The van der Waals surface area contributed by atoms with E-state index in [9.17, 15) is 4.79 Å². The van der Waals surface area contributed by atoms with E-state index in [-0.39, 0.29) is 0 Å². The molecule has 0 fully saturated rings. The van der Waals surface area contributed by atoms with E-state index in [1.54, 1.807) is 33.9 Å². The van der Waals surface area contributed by atoms with Crippen LogP contribution >= 0.6 is 0 Å². The minimum Gasteiger partial charge on any atom is -0.497 e. The molecule has 0 unspecified atom stereocenters.